The van der Waals surface area contributed by atoms with Crippen molar-refractivity contribution in [3.63, 3.8) is 0 Å². The van der Waals surface area contributed by atoms with Gasteiger partial charge >= 0.3 is 0 Å². The molecule has 2 aliphatic rings. The normalized spacial score (nSPS) is 31.8. The van der Waals surface area contributed by atoms with Crippen molar-refractivity contribution in [2.24, 2.45) is 17.8 Å². The number of hydrogen-bond acceptors (Lipinski definition) is 1. The molecule has 0 radical (unpaired) electrons. The Kier molecular flexibility index (Phi) is 5.17. The van der Waals surface area contributed by atoms with E-state index in [0.29, 0.717) is 5.56 Å². The molecule has 1 aromatic carbocycles. The zero-order chi connectivity index (χ0) is 16.4. The van der Waals surface area contributed by atoms with Crippen molar-refractivity contribution in [1.82, 2.24) is 0 Å². The molecular formula is C19H26F3N. The van der Waals surface area contributed by atoms with Gasteiger partial charge in [-0.25, -0.2) is 14.3 Å². The molecule has 0 saturated heterocycles. The molecule has 1 nitrogen and oxygen atoms in total. The lowest BCUT2D eigenvalue weighted by atomic mass is 9.68. The van der Waals surface area contributed by atoms with Crippen LogP contribution in [0, 0.1) is 29.4 Å². The largest absolute Gasteiger partial charge is 0.219 e. The molecule has 0 bridgehead atoms. The Labute approximate surface area is 136 Å². The molecule has 0 unspecified atom stereocenters. The predicted molar refractivity (Wildman–Crippen MR) is 86.9 cm³/mol. The van der Waals surface area contributed by atoms with E-state index >= 15 is 0 Å². The lowest BCUT2D eigenvalue weighted by Gasteiger charge is -2.37. The fourth-order valence-electron chi connectivity index (χ4n) is 4.60. The van der Waals surface area contributed by atoms with E-state index in [9.17, 15) is 13.3 Å². The molecule has 0 aliphatic heterocycles. The summed E-state index contributed by atoms with van der Waals surface area (Å²) in [5.41, 5.74) is 1.09. The number of hydrogen-bond donors (Lipinski definition) is 1. The SMILES string of the molecule is CC1CCC(C2CCC(c3cc(F)c(NF)c(F)c3)CC2)CC1. The second-order valence-electron chi connectivity index (χ2n) is 7.59. The molecule has 2 fully saturated rings. The van der Waals surface area contributed by atoms with Gasteiger partial charge in [0.2, 0.25) is 0 Å². The van der Waals surface area contributed by atoms with Gasteiger partial charge in [0.15, 0.2) is 11.6 Å². The average Bonchev–Trinajstić information content (AvgIpc) is 2.55. The molecule has 4 heteroatoms. The van der Waals surface area contributed by atoms with Crippen molar-refractivity contribution < 1.29 is 13.3 Å². The molecule has 128 valence electrons. The summed E-state index contributed by atoms with van der Waals surface area (Å²) in [5, 5.41) is 0. The molecule has 2 aliphatic carbocycles. The predicted octanol–water partition coefficient (Wildman–Crippen LogP) is 6.36. The minimum atomic E-state index is -0.842. The second kappa shape index (κ2) is 7.14. The third-order valence-electron chi connectivity index (χ3n) is 6.13. The highest BCUT2D eigenvalue weighted by Gasteiger charge is 2.30. The Morgan fingerprint density at radius 2 is 1.30 bits per heavy atom. The van der Waals surface area contributed by atoms with Gasteiger partial charge in [0.1, 0.15) is 5.69 Å². The van der Waals surface area contributed by atoms with E-state index in [4.69, 9.17) is 0 Å². The zero-order valence-corrected chi connectivity index (χ0v) is 13.8. The quantitative estimate of drug-likeness (QED) is 0.637. The fraction of sp³-hybridized carbons (Fsp3) is 0.684. The van der Waals surface area contributed by atoms with Crippen molar-refractivity contribution in [2.75, 3.05) is 5.54 Å². The summed E-state index contributed by atoms with van der Waals surface area (Å²) in [4.78, 5) is 0. The first-order valence-corrected chi connectivity index (χ1v) is 8.94. The number of rotatable bonds is 3. The monoisotopic (exact) mass is 325 g/mol. The first-order chi connectivity index (χ1) is 11.1. The molecular weight excluding hydrogens is 299 g/mol. The van der Waals surface area contributed by atoms with Crippen LogP contribution in [0.25, 0.3) is 0 Å². The Bertz CT molecular complexity index is 506. The summed E-state index contributed by atoms with van der Waals surface area (Å²) in [6.45, 7) is 2.34. The lowest BCUT2D eigenvalue weighted by Crippen LogP contribution is -2.24. The molecule has 2 saturated carbocycles. The fourth-order valence-corrected chi connectivity index (χ4v) is 4.60. The molecule has 23 heavy (non-hydrogen) atoms. The number of anilines is 1. The second-order valence-corrected chi connectivity index (χ2v) is 7.59. The van der Waals surface area contributed by atoms with Crippen molar-refractivity contribution in [3.05, 3.63) is 29.3 Å². The topological polar surface area (TPSA) is 12.0 Å². The lowest BCUT2D eigenvalue weighted by molar-refractivity contribution is 0.165. The summed E-state index contributed by atoms with van der Waals surface area (Å²) in [6.07, 6.45) is 9.65. The average molecular weight is 325 g/mol. The van der Waals surface area contributed by atoms with Gasteiger partial charge < -0.3 is 0 Å². The van der Waals surface area contributed by atoms with Crippen LogP contribution < -0.4 is 5.54 Å². The summed E-state index contributed by atoms with van der Waals surface area (Å²) < 4.78 is 39.8. The van der Waals surface area contributed by atoms with Gasteiger partial charge in [-0.15, -0.1) is 4.48 Å². The highest BCUT2D eigenvalue weighted by molar-refractivity contribution is 5.46. The van der Waals surface area contributed by atoms with E-state index in [2.05, 4.69) is 6.92 Å². The summed E-state index contributed by atoms with van der Waals surface area (Å²) in [5.74, 6) is 1.01. The van der Waals surface area contributed by atoms with E-state index in [1.807, 2.05) is 0 Å². The highest BCUT2D eigenvalue weighted by Crippen LogP contribution is 2.44. The molecule has 1 aromatic rings. The van der Waals surface area contributed by atoms with Crippen molar-refractivity contribution in [1.29, 1.82) is 0 Å². The summed E-state index contributed by atoms with van der Waals surface area (Å²) >= 11 is 0. The van der Waals surface area contributed by atoms with Crippen LogP contribution in [0.5, 0.6) is 0 Å². The van der Waals surface area contributed by atoms with Gasteiger partial charge in [-0.3, -0.25) is 0 Å². The summed E-state index contributed by atoms with van der Waals surface area (Å²) in [6, 6.07) is 2.58. The number of halogens is 3. The third-order valence-corrected chi connectivity index (χ3v) is 6.13. The Balaban J connectivity index is 1.61. The Hall–Kier alpha value is -1.19. The molecule has 3 rings (SSSR count). The molecule has 0 amide bonds. The maximum atomic E-state index is 13.7. The minimum absolute atomic E-state index is 0.200. The van der Waals surface area contributed by atoms with Crippen LogP contribution in [0.4, 0.5) is 18.9 Å². The van der Waals surface area contributed by atoms with Gasteiger partial charge in [-0.1, -0.05) is 19.8 Å². The molecule has 0 aromatic heterocycles. The van der Waals surface area contributed by atoms with Gasteiger partial charge in [-0.2, -0.15) is 0 Å². The van der Waals surface area contributed by atoms with Crippen LogP contribution in [0.2, 0.25) is 0 Å². The molecule has 1 N–H and O–H groups in total. The van der Waals surface area contributed by atoms with Gasteiger partial charge in [-0.05, 0) is 79.9 Å². The first-order valence-electron chi connectivity index (χ1n) is 8.94. The number of benzene rings is 1. The van der Waals surface area contributed by atoms with E-state index in [0.717, 1.165) is 49.0 Å². The summed E-state index contributed by atoms with van der Waals surface area (Å²) in [7, 11) is 0. The molecule has 0 atom stereocenters. The maximum Gasteiger partial charge on any atom is 0.152 e. The van der Waals surface area contributed by atoms with Crippen molar-refractivity contribution in [3.8, 4) is 0 Å². The van der Waals surface area contributed by atoms with Gasteiger partial charge in [0, 0.05) is 0 Å². The minimum Gasteiger partial charge on any atom is -0.219 e. The van der Waals surface area contributed by atoms with Crippen LogP contribution >= 0.6 is 0 Å². The molecule has 0 heterocycles. The smallest absolute Gasteiger partial charge is 0.152 e. The van der Waals surface area contributed by atoms with Crippen molar-refractivity contribution >= 4 is 5.69 Å². The van der Waals surface area contributed by atoms with Crippen LogP contribution in [0.1, 0.15) is 69.8 Å². The van der Waals surface area contributed by atoms with Crippen molar-refractivity contribution in [2.45, 2.75) is 64.2 Å². The Morgan fingerprint density at radius 3 is 1.78 bits per heavy atom. The van der Waals surface area contributed by atoms with E-state index in [-0.39, 0.29) is 5.92 Å². The van der Waals surface area contributed by atoms with Gasteiger partial charge in [0.25, 0.3) is 0 Å². The van der Waals surface area contributed by atoms with Crippen LogP contribution in [-0.4, -0.2) is 0 Å². The maximum absolute atomic E-state index is 13.7. The van der Waals surface area contributed by atoms with E-state index in [1.54, 1.807) is 0 Å². The zero-order valence-electron chi connectivity index (χ0n) is 13.8. The van der Waals surface area contributed by atoms with Gasteiger partial charge in [0.05, 0.1) is 0 Å². The van der Waals surface area contributed by atoms with Crippen LogP contribution in [0.15, 0.2) is 12.1 Å². The van der Waals surface area contributed by atoms with Crippen LogP contribution in [0.3, 0.4) is 0 Å². The van der Waals surface area contributed by atoms with E-state index in [1.165, 1.54) is 37.8 Å². The Morgan fingerprint density at radius 1 is 0.826 bits per heavy atom. The standard InChI is InChI=1S/C19H26F3N/c1-12-2-4-13(5-3-12)14-6-8-15(9-7-14)16-10-17(20)19(23-22)18(21)11-16/h10-15,23H,2-9H2,1H3. The highest BCUT2D eigenvalue weighted by atomic mass is 19.2. The number of nitrogens with one attached hydrogen (secondary N) is 1. The first kappa shape index (κ1) is 16.7. The van der Waals surface area contributed by atoms with Crippen LogP contribution in [-0.2, 0) is 0 Å². The molecule has 0 spiro atoms. The van der Waals surface area contributed by atoms with E-state index < -0.39 is 17.3 Å². The third kappa shape index (κ3) is 3.67.